The predicted octanol–water partition coefficient (Wildman–Crippen LogP) is 13.1. The molecule has 0 unspecified atom stereocenters. The second-order valence-electron chi connectivity index (χ2n) is 15.3. The monoisotopic (exact) mass is 750 g/mol. The second-order valence-corrected chi connectivity index (χ2v) is 15.3. The Balaban J connectivity index is 0.977. The minimum atomic E-state index is -0.429. The van der Waals surface area contributed by atoms with E-state index < -0.39 is 5.41 Å². The fraction of sp³-hybridized carbons (Fsp3) is 0.0182. The first kappa shape index (κ1) is 33.3. The zero-order valence-electron chi connectivity index (χ0n) is 31.9. The highest BCUT2D eigenvalue weighted by atomic mass is 15.0. The zero-order chi connectivity index (χ0) is 38.9. The molecule has 4 nitrogen and oxygen atoms in total. The molecule has 2 aliphatic rings. The summed E-state index contributed by atoms with van der Waals surface area (Å²) in [4.78, 5) is 19.9. The molecule has 4 heteroatoms. The molecule has 1 spiro atoms. The summed E-state index contributed by atoms with van der Waals surface area (Å²) in [7, 11) is 0. The molecule has 0 bridgehead atoms. The van der Waals surface area contributed by atoms with E-state index in [4.69, 9.17) is 15.0 Å². The number of hydrogen-bond acceptors (Lipinski definition) is 4. The van der Waals surface area contributed by atoms with Crippen LogP contribution in [0, 0.1) is 0 Å². The van der Waals surface area contributed by atoms with Gasteiger partial charge in [0.05, 0.1) is 10.9 Å². The minimum Gasteiger partial charge on any atom is -0.256 e. The van der Waals surface area contributed by atoms with E-state index in [1.54, 1.807) is 0 Å². The highest BCUT2D eigenvalue weighted by Crippen LogP contribution is 2.64. The molecule has 274 valence electrons. The third-order valence-corrected chi connectivity index (χ3v) is 12.2. The molecule has 0 atom stereocenters. The van der Waals surface area contributed by atoms with Gasteiger partial charge in [-0.2, -0.15) is 0 Å². The van der Waals surface area contributed by atoms with Gasteiger partial charge in [-0.1, -0.05) is 194 Å². The topological polar surface area (TPSA) is 51.6 Å². The quantitative estimate of drug-likeness (QED) is 0.176. The van der Waals surface area contributed by atoms with E-state index in [9.17, 15) is 0 Å². The van der Waals surface area contributed by atoms with E-state index in [0.29, 0.717) is 17.5 Å². The van der Waals surface area contributed by atoms with E-state index >= 15 is 0 Å². The van der Waals surface area contributed by atoms with Crippen molar-refractivity contribution in [2.75, 3.05) is 0 Å². The molecule has 0 saturated heterocycles. The SMILES string of the molecule is c1ccc(-c2nc(-c3ccc(-c4cccc5c4C4(c6ccccc6-c6ccccc64)c4ccccc4-5)cc3)nc(-c3ccc(-c4cccc5cccnc45)cc3)n2)cc1. The molecule has 0 radical (unpaired) electrons. The smallest absolute Gasteiger partial charge is 0.164 e. The molecule has 0 amide bonds. The van der Waals surface area contributed by atoms with E-state index in [0.717, 1.165) is 44.3 Å². The number of pyridine rings is 1. The van der Waals surface area contributed by atoms with Crippen molar-refractivity contribution in [3.8, 4) is 78.7 Å². The van der Waals surface area contributed by atoms with Crippen LogP contribution in [-0.4, -0.2) is 19.9 Å². The Morgan fingerprint density at radius 3 is 1.29 bits per heavy atom. The van der Waals surface area contributed by atoms with Gasteiger partial charge < -0.3 is 0 Å². The first-order valence-electron chi connectivity index (χ1n) is 20.1. The van der Waals surface area contributed by atoms with Crippen LogP contribution in [-0.2, 0) is 5.41 Å². The summed E-state index contributed by atoms with van der Waals surface area (Å²) >= 11 is 0. The van der Waals surface area contributed by atoms with Crippen molar-refractivity contribution in [3.63, 3.8) is 0 Å². The summed E-state index contributed by atoms with van der Waals surface area (Å²) in [6, 6.07) is 71.4. The van der Waals surface area contributed by atoms with Gasteiger partial charge in [0, 0.05) is 33.8 Å². The van der Waals surface area contributed by atoms with Gasteiger partial charge >= 0.3 is 0 Å². The van der Waals surface area contributed by atoms with Crippen LogP contribution in [0.3, 0.4) is 0 Å². The normalized spacial score (nSPS) is 12.9. The minimum absolute atomic E-state index is 0.429. The van der Waals surface area contributed by atoms with Crippen molar-refractivity contribution in [2.45, 2.75) is 5.41 Å². The van der Waals surface area contributed by atoms with Crippen molar-refractivity contribution in [3.05, 3.63) is 229 Å². The fourth-order valence-electron chi connectivity index (χ4n) is 9.68. The molecule has 2 heterocycles. The molecule has 0 fully saturated rings. The first-order valence-corrected chi connectivity index (χ1v) is 20.1. The van der Waals surface area contributed by atoms with Gasteiger partial charge in [0.2, 0.25) is 0 Å². The standard InChI is InChI=1S/C55H34N4/c1-2-13-38(14-3-1)52-57-53(59-54(58-52)40-32-28-36(29-33-40)42-21-10-15-37-16-12-34-56-51(37)42)39-30-26-35(27-31-39)41-20-11-22-46-45-19-6-9-25-49(45)55(50(41)46)47-23-7-4-17-43(47)44-18-5-8-24-48(44)55/h1-34H. The number of fused-ring (bicyclic) bond motifs is 11. The largest absolute Gasteiger partial charge is 0.256 e. The number of benzene rings is 8. The molecule has 2 aromatic heterocycles. The van der Waals surface area contributed by atoms with Gasteiger partial charge in [-0.3, -0.25) is 4.98 Å². The number of para-hydroxylation sites is 1. The molecule has 10 aromatic rings. The zero-order valence-corrected chi connectivity index (χ0v) is 31.9. The fourth-order valence-corrected chi connectivity index (χ4v) is 9.68. The van der Waals surface area contributed by atoms with Crippen LogP contribution in [0.1, 0.15) is 22.3 Å². The van der Waals surface area contributed by atoms with Gasteiger partial charge in [-0.05, 0) is 67.3 Å². The summed E-state index contributed by atoms with van der Waals surface area (Å²) in [6.45, 7) is 0. The molecule has 12 rings (SSSR count). The van der Waals surface area contributed by atoms with Crippen molar-refractivity contribution in [1.29, 1.82) is 0 Å². The summed E-state index contributed by atoms with van der Waals surface area (Å²) in [5.41, 5.74) is 18.4. The molecular formula is C55H34N4. The van der Waals surface area contributed by atoms with Crippen molar-refractivity contribution in [2.24, 2.45) is 0 Å². The maximum Gasteiger partial charge on any atom is 0.164 e. The number of rotatable bonds is 5. The Bertz CT molecular complexity index is 3190. The molecule has 0 N–H and O–H groups in total. The molecular weight excluding hydrogens is 717 g/mol. The first-order chi connectivity index (χ1) is 29.3. The average molecular weight is 751 g/mol. The third kappa shape index (κ3) is 5.03. The Kier molecular flexibility index (Phi) is 7.41. The lowest BCUT2D eigenvalue weighted by molar-refractivity contribution is 0.796. The predicted molar refractivity (Wildman–Crippen MR) is 239 cm³/mol. The van der Waals surface area contributed by atoms with E-state index in [1.165, 1.54) is 50.1 Å². The highest BCUT2D eigenvalue weighted by Gasteiger charge is 2.52. The lowest BCUT2D eigenvalue weighted by atomic mass is 9.68. The second kappa shape index (κ2) is 13.1. The van der Waals surface area contributed by atoms with Crippen LogP contribution in [0.25, 0.3) is 89.6 Å². The van der Waals surface area contributed by atoms with Gasteiger partial charge in [0.25, 0.3) is 0 Å². The average Bonchev–Trinajstić information content (AvgIpc) is 3.79. The molecule has 8 aromatic carbocycles. The summed E-state index contributed by atoms with van der Waals surface area (Å²) in [5.74, 6) is 1.89. The van der Waals surface area contributed by atoms with Crippen LogP contribution in [0.5, 0.6) is 0 Å². The van der Waals surface area contributed by atoms with Crippen molar-refractivity contribution >= 4 is 10.9 Å². The molecule has 2 aliphatic carbocycles. The van der Waals surface area contributed by atoms with Gasteiger partial charge in [0.1, 0.15) is 0 Å². The lowest BCUT2D eigenvalue weighted by Gasteiger charge is -2.32. The van der Waals surface area contributed by atoms with Crippen LogP contribution >= 0.6 is 0 Å². The Morgan fingerprint density at radius 1 is 0.288 bits per heavy atom. The summed E-state index contributed by atoms with van der Waals surface area (Å²) in [6.07, 6.45) is 1.85. The maximum absolute atomic E-state index is 5.11. The lowest BCUT2D eigenvalue weighted by Crippen LogP contribution is -2.26. The highest BCUT2D eigenvalue weighted by molar-refractivity contribution is 5.99. The van der Waals surface area contributed by atoms with Gasteiger partial charge in [-0.25, -0.2) is 15.0 Å². The molecule has 0 aliphatic heterocycles. The maximum atomic E-state index is 5.11. The van der Waals surface area contributed by atoms with Gasteiger partial charge in [-0.15, -0.1) is 0 Å². The molecule has 0 saturated carbocycles. The van der Waals surface area contributed by atoms with E-state index in [1.807, 2.05) is 42.6 Å². The Morgan fingerprint density at radius 2 is 0.695 bits per heavy atom. The van der Waals surface area contributed by atoms with Crippen molar-refractivity contribution in [1.82, 2.24) is 19.9 Å². The van der Waals surface area contributed by atoms with Crippen LogP contribution < -0.4 is 0 Å². The Hall–Kier alpha value is -7.82. The van der Waals surface area contributed by atoms with Crippen LogP contribution in [0.4, 0.5) is 0 Å². The van der Waals surface area contributed by atoms with E-state index in [-0.39, 0.29) is 0 Å². The summed E-state index contributed by atoms with van der Waals surface area (Å²) < 4.78 is 0. The Labute approximate surface area is 342 Å². The number of nitrogens with zero attached hydrogens (tertiary/aromatic N) is 4. The third-order valence-electron chi connectivity index (χ3n) is 12.2. The number of aromatic nitrogens is 4. The number of hydrogen-bond donors (Lipinski definition) is 0. The van der Waals surface area contributed by atoms with Crippen LogP contribution in [0.2, 0.25) is 0 Å². The van der Waals surface area contributed by atoms with Crippen LogP contribution in [0.15, 0.2) is 206 Å². The van der Waals surface area contributed by atoms with Crippen molar-refractivity contribution < 1.29 is 0 Å². The molecule has 59 heavy (non-hydrogen) atoms. The van der Waals surface area contributed by atoms with E-state index in [2.05, 4.69) is 169 Å². The van der Waals surface area contributed by atoms with Gasteiger partial charge in [0.15, 0.2) is 17.5 Å². The summed E-state index contributed by atoms with van der Waals surface area (Å²) in [5, 5.41) is 1.12.